The highest BCUT2D eigenvalue weighted by molar-refractivity contribution is 7.91. The zero-order chi connectivity index (χ0) is 18.4. The molecule has 1 aromatic heterocycles. The molecule has 2 rings (SSSR count). The zero-order valence-corrected chi connectivity index (χ0v) is 14.6. The molecule has 132 valence electrons. The van der Waals surface area contributed by atoms with Gasteiger partial charge in [0.05, 0.1) is 32.5 Å². The van der Waals surface area contributed by atoms with Crippen LogP contribution in [0, 0.1) is 6.92 Å². The van der Waals surface area contributed by atoms with Gasteiger partial charge in [-0.3, -0.25) is 0 Å². The van der Waals surface area contributed by atoms with Crippen LogP contribution in [0.25, 0.3) is 5.69 Å². The van der Waals surface area contributed by atoms with E-state index in [1.165, 1.54) is 6.92 Å². The summed E-state index contributed by atoms with van der Waals surface area (Å²) in [4.78, 5) is 0. The normalized spacial score (nSPS) is 13.6. The molecule has 1 aromatic carbocycles. The van der Waals surface area contributed by atoms with Crippen molar-refractivity contribution in [2.75, 3.05) is 0 Å². The largest absolute Gasteiger partial charge is 0.606 e. The summed E-state index contributed by atoms with van der Waals surface area (Å²) in [6, 6.07) is 1.23. The van der Waals surface area contributed by atoms with Gasteiger partial charge in [0.15, 0.2) is 0 Å². The van der Waals surface area contributed by atoms with Crippen molar-refractivity contribution in [3.05, 3.63) is 38.5 Å². The third-order valence-corrected chi connectivity index (χ3v) is 5.05. The number of halogens is 8. The van der Waals surface area contributed by atoms with Crippen molar-refractivity contribution >= 4 is 46.0 Å². The number of nitrogens with zero attached hydrogens (tertiary/aromatic N) is 2. The second-order valence-corrected chi connectivity index (χ2v) is 6.99. The van der Waals surface area contributed by atoms with Gasteiger partial charge in [-0.05, 0) is 19.1 Å². The lowest BCUT2D eigenvalue weighted by atomic mass is 10.2. The molecule has 12 heteroatoms. The average molecular weight is 428 g/mol. The number of aromatic nitrogens is 2. The Morgan fingerprint density at radius 2 is 1.67 bits per heavy atom. The van der Waals surface area contributed by atoms with Crippen molar-refractivity contribution in [1.29, 1.82) is 0 Å². The number of benzene rings is 1. The summed E-state index contributed by atoms with van der Waals surface area (Å²) in [5, 5.41) is 1.89. The van der Waals surface area contributed by atoms with Crippen LogP contribution in [0.4, 0.5) is 22.0 Å². The van der Waals surface area contributed by atoms with Gasteiger partial charge >= 0.3 is 11.9 Å². The Balaban J connectivity index is 2.64. The predicted octanol–water partition coefficient (Wildman–Crippen LogP) is 5.49. The molecular formula is C12H6Cl3F5N2OS. The fourth-order valence-corrected chi connectivity index (χ4v) is 3.47. The molecule has 1 unspecified atom stereocenters. The first-order valence-corrected chi connectivity index (χ1v) is 8.30. The Morgan fingerprint density at radius 3 is 2.08 bits per heavy atom. The highest BCUT2D eigenvalue weighted by atomic mass is 35.5. The second kappa shape index (κ2) is 6.87. The molecule has 0 amide bonds. The SMILES string of the molecule is Cc1c(Cl)c([S+]([O-])C(F)F)nn1-c1c(Cl)cc(C(F)(F)F)cc1Cl. The van der Waals surface area contributed by atoms with Gasteiger partial charge in [0, 0.05) is 0 Å². The quantitative estimate of drug-likeness (QED) is 0.480. The highest BCUT2D eigenvalue weighted by Gasteiger charge is 2.35. The van der Waals surface area contributed by atoms with E-state index < -0.39 is 43.7 Å². The number of hydrogen-bond acceptors (Lipinski definition) is 2. The van der Waals surface area contributed by atoms with Crippen LogP contribution in [0.1, 0.15) is 11.3 Å². The first kappa shape index (κ1) is 19.6. The second-order valence-electron chi connectivity index (χ2n) is 4.46. The van der Waals surface area contributed by atoms with Gasteiger partial charge in [-0.1, -0.05) is 34.8 Å². The minimum absolute atomic E-state index is 0.0456. The van der Waals surface area contributed by atoms with Crippen LogP contribution in [-0.2, 0) is 17.4 Å². The smallest absolute Gasteiger partial charge is 0.416 e. The maximum Gasteiger partial charge on any atom is 0.416 e. The average Bonchev–Trinajstić information content (AvgIpc) is 2.73. The van der Waals surface area contributed by atoms with E-state index in [1.54, 1.807) is 0 Å². The van der Waals surface area contributed by atoms with Crippen molar-refractivity contribution in [3.63, 3.8) is 0 Å². The third kappa shape index (κ3) is 3.60. The lowest BCUT2D eigenvalue weighted by Gasteiger charge is -2.13. The minimum Gasteiger partial charge on any atom is -0.606 e. The summed E-state index contributed by atoms with van der Waals surface area (Å²) in [6.07, 6.45) is -4.68. The monoisotopic (exact) mass is 426 g/mol. The van der Waals surface area contributed by atoms with Crippen molar-refractivity contribution in [2.45, 2.75) is 23.9 Å². The summed E-state index contributed by atoms with van der Waals surface area (Å²) < 4.78 is 75.8. The highest BCUT2D eigenvalue weighted by Crippen LogP contribution is 2.39. The fraction of sp³-hybridized carbons (Fsp3) is 0.250. The van der Waals surface area contributed by atoms with Crippen molar-refractivity contribution in [3.8, 4) is 5.69 Å². The van der Waals surface area contributed by atoms with E-state index in [4.69, 9.17) is 34.8 Å². The summed E-state index contributed by atoms with van der Waals surface area (Å²) in [6.45, 7) is 1.34. The van der Waals surface area contributed by atoms with E-state index in [0.29, 0.717) is 12.1 Å². The topological polar surface area (TPSA) is 40.9 Å². The van der Waals surface area contributed by atoms with Crippen LogP contribution in [0.2, 0.25) is 15.1 Å². The van der Waals surface area contributed by atoms with Crippen LogP contribution in [0.15, 0.2) is 17.2 Å². The molecule has 24 heavy (non-hydrogen) atoms. The standard InChI is InChI=1S/C12H6Cl3F5N2OS/c1-4-8(15)10(24(23)11(16)17)21-22(4)9-6(13)2-5(3-7(9)14)12(18,19)20/h2-3,11H,1H3. The van der Waals surface area contributed by atoms with E-state index in [2.05, 4.69) is 5.10 Å². The number of hydrogen-bond donors (Lipinski definition) is 0. The molecule has 0 saturated carbocycles. The van der Waals surface area contributed by atoms with Gasteiger partial charge in [-0.2, -0.15) is 22.0 Å². The van der Waals surface area contributed by atoms with Crippen LogP contribution in [0.3, 0.4) is 0 Å². The Morgan fingerprint density at radius 1 is 1.17 bits per heavy atom. The van der Waals surface area contributed by atoms with Crippen molar-refractivity contribution < 1.29 is 26.5 Å². The first-order chi connectivity index (χ1) is 10.9. The Kier molecular flexibility index (Phi) is 5.61. The summed E-state index contributed by atoms with van der Waals surface area (Å²) in [7, 11) is 0. The summed E-state index contributed by atoms with van der Waals surface area (Å²) in [5.41, 5.74) is -1.24. The van der Waals surface area contributed by atoms with E-state index in [-0.39, 0.29) is 16.4 Å². The molecule has 0 aliphatic heterocycles. The third-order valence-electron chi connectivity index (χ3n) is 2.92. The molecule has 0 radical (unpaired) electrons. The zero-order valence-electron chi connectivity index (χ0n) is 11.5. The van der Waals surface area contributed by atoms with Gasteiger partial charge in [0.2, 0.25) is 0 Å². The number of rotatable bonds is 3. The predicted molar refractivity (Wildman–Crippen MR) is 80.7 cm³/mol. The Hall–Kier alpha value is -0.740. The summed E-state index contributed by atoms with van der Waals surface area (Å²) >= 11 is 14.7. The van der Waals surface area contributed by atoms with Crippen molar-refractivity contribution in [2.24, 2.45) is 0 Å². The van der Waals surface area contributed by atoms with E-state index >= 15 is 0 Å². The lowest BCUT2D eigenvalue weighted by Crippen LogP contribution is -2.13. The first-order valence-electron chi connectivity index (χ1n) is 5.95. The molecule has 1 atom stereocenters. The molecule has 2 aromatic rings. The van der Waals surface area contributed by atoms with E-state index in [1.807, 2.05) is 0 Å². The molecule has 0 aliphatic rings. The van der Waals surface area contributed by atoms with Gasteiger partial charge in [-0.25, -0.2) is 4.68 Å². The maximum atomic E-state index is 12.7. The molecule has 3 nitrogen and oxygen atoms in total. The van der Waals surface area contributed by atoms with Crippen LogP contribution < -0.4 is 0 Å². The van der Waals surface area contributed by atoms with Crippen LogP contribution in [0.5, 0.6) is 0 Å². The van der Waals surface area contributed by atoms with E-state index in [9.17, 15) is 26.5 Å². The Bertz CT molecular complexity index is 758. The molecule has 0 fully saturated rings. The molecule has 1 heterocycles. The summed E-state index contributed by atoms with van der Waals surface area (Å²) in [5.74, 6) is -3.23. The molecule has 0 bridgehead atoms. The maximum absolute atomic E-state index is 12.7. The van der Waals surface area contributed by atoms with Gasteiger partial charge in [-0.15, -0.1) is 5.10 Å². The molecular weight excluding hydrogens is 422 g/mol. The number of alkyl halides is 5. The van der Waals surface area contributed by atoms with Gasteiger partial charge in [0.1, 0.15) is 10.7 Å². The fourth-order valence-electron chi connectivity index (χ4n) is 1.82. The Labute approximate surface area is 150 Å². The molecule has 0 saturated heterocycles. The van der Waals surface area contributed by atoms with E-state index in [0.717, 1.165) is 4.68 Å². The molecule has 0 spiro atoms. The van der Waals surface area contributed by atoms with Crippen molar-refractivity contribution in [1.82, 2.24) is 9.78 Å². The lowest BCUT2D eigenvalue weighted by molar-refractivity contribution is -0.137. The minimum atomic E-state index is -4.68. The van der Waals surface area contributed by atoms with Gasteiger partial charge < -0.3 is 4.55 Å². The molecule has 0 N–H and O–H groups in total. The van der Waals surface area contributed by atoms with Gasteiger partial charge in [0.25, 0.3) is 5.03 Å². The van der Waals surface area contributed by atoms with Crippen LogP contribution in [-0.4, -0.2) is 20.1 Å². The van der Waals surface area contributed by atoms with Crippen LogP contribution >= 0.6 is 34.8 Å². The molecule has 0 aliphatic carbocycles.